The molecule has 0 aliphatic carbocycles. The maximum atomic E-state index is 16.2. The Balaban J connectivity index is 1.68. The van der Waals surface area contributed by atoms with Crippen molar-refractivity contribution >= 4 is 34.1 Å². The van der Waals surface area contributed by atoms with E-state index in [1.165, 1.54) is 22.8 Å². The highest BCUT2D eigenvalue weighted by Crippen LogP contribution is 2.37. The van der Waals surface area contributed by atoms with E-state index in [1.807, 2.05) is 25.7 Å². The Hall–Kier alpha value is -4.87. The summed E-state index contributed by atoms with van der Waals surface area (Å²) in [6.07, 6.45) is 3.61. The molecule has 3 aromatic heterocycles. The Bertz CT molecular complexity index is 1840. The van der Waals surface area contributed by atoms with E-state index in [1.54, 1.807) is 29.3 Å². The fourth-order valence-electron chi connectivity index (χ4n) is 6.02. The van der Waals surface area contributed by atoms with Crippen molar-refractivity contribution in [1.29, 1.82) is 0 Å². The van der Waals surface area contributed by atoms with Crippen LogP contribution in [-0.4, -0.2) is 69.1 Å². The van der Waals surface area contributed by atoms with Gasteiger partial charge < -0.3 is 20.4 Å². The molecule has 4 aromatic rings. The highest BCUT2D eigenvalue weighted by Gasteiger charge is 2.31. The molecular formula is C32H34F2N8O2. The van der Waals surface area contributed by atoms with Crippen LogP contribution in [0.25, 0.3) is 28.0 Å². The monoisotopic (exact) mass is 600 g/mol. The van der Waals surface area contributed by atoms with E-state index in [0.717, 1.165) is 0 Å². The molecule has 228 valence electrons. The summed E-state index contributed by atoms with van der Waals surface area (Å²) in [5, 5.41) is 6.94. The summed E-state index contributed by atoms with van der Waals surface area (Å²) in [5.74, 6) is -1.42. The molecule has 0 radical (unpaired) electrons. The summed E-state index contributed by atoms with van der Waals surface area (Å²) in [7, 11) is 0. The predicted octanol–water partition coefficient (Wildman–Crippen LogP) is 4.69. The Labute approximate surface area is 253 Å². The summed E-state index contributed by atoms with van der Waals surface area (Å²) in [6, 6.07) is 7.32. The number of benzene rings is 1. The van der Waals surface area contributed by atoms with Gasteiger partial charge in [-0.3, -0.25) is 9.78 Å². The molecule has 44 heavy (non-hydrogen) atoms. The second-order valence-corrected chi connectivity index (χ2v) is 11.4. The number of nitrogens with zero attached hydrogens (tertiary/aromatic N) is 6. The molecule has 6 rings (SSSR count). The number of nitrogens with one attached hydrogen (secondary N) is 2. The molecule has 0 unspecified atom stereocenters. The van der Waals surface area contributed by atoms with Gasteiger partial charge in [-0.2, -0.15) is 4.98 Å². The molecule has 2 aliphatic heterocycles. The van der Waals surface area contributed by atoms with Crippen LogP contribution in [0.3, 0.4) is 0 Å². The topological polar surface area (TPSA) is 108 Å². The van der Waals surface area contributed by atoms with Crippen LogP contribution >= 0.6 is 0 Å². The van der Waals surface area contributed by atoms with Gasteiger partial charge in [0, 0.05) is 50.6 Å². The summed E-state index contributed by atoms with van der Waals surface area (Å²) in [4.78, 5) is 43.9. The van der Waals surface area contributed by atoms with Gasteiger partial charge in [-0.25, -0.2) is 23.1 Å². The third-order valence-electron chi connectivity index (χ3n) is 8.15. The number of hydrogen-bond acceptors (Lipinski definition) is 8. The minimum atomic E-state index is -0.754. The number of carbonyl (C=O) groups excluding carboxylic acids is 1. The first-order valence-electron chi connectivity index (χ1n) is 14.8. The Morgan fingerprint density at radius 2 is 1.86 bits per heavy atom. The third-order valence-corrected chi connectivity index (χ3v) is 8.15. The lowest BCUT2D eigenvalue weighted by molar-refractivity contribution is -0.126. The highest BCUT2D eigenvalue weighted by molar-refractivity contribution is 5.92. The second-order valence-electron chi connectivity index (χ2n) is 11.4. The lowest BCUT2D eigenvalue weighted by atomic mass is 10.0. The zero-order valence-corrected chi connectivity index (χ0v) is 24.9. The maximum absolute atomic E-state index is 16.2. The SMILES string of the molecule is C=CC(=O)N1CCN(c2nc(=O)n3c4nc(c(F)cc24)-c2c(F)cccc2NCCCNc2ccnc(C(C)C)c2-3)[C@@H](C)C1. The number of fused-ring (bicyclic) bond motifs is 5. The Kier molecular flexibility index (Phi) is 7.74. The van der Waals surface area contributed by atoms with Crippen molar-refractivity contribution in [3.63, 3.8) is 0 Å². The molecule has 10 nitrogen and oxygen atoms in total. The summed E-state index contributed by atoms with van der Waals surface area (Å²) in [5.41, 5.74) is 1.41. The second kappa shape index (κ2) is 11.7. The number of halogens is 2. The van der Waals surface area contributed by atoms with E-state index in [4.69, 9.17) is 4.98 Å². The van der Waals surface area contributed by atoms with E-state index in [2.05, 4.69) is 27.2 Å². The van der Waals surface area contributed by atoms with Crippen molar-refractivity contribution in [2.75, 3.05) is 48.3 Å². The lowest BCUT2D eigenvalue weighted by Crippen LogP contribution is -2.54. The zero-order chi connectivity index (χ0) is 31.1. The summed E-state index contributed by atoms with van der Waals surface area (Å²) in [6.45, 7) is 11.6. The van der Waals surface area contributed by atoms with Crippen molar-refractivity contribution < 1.29 is 13.6 Å². The number of rotatable bonds is 3. The van der Waals surface area contributed by atoms with Crippen molar-refractivity contribution in [3.8, 4) is 16.9 Å². The standard InChI is InChI=1S/C32H34F2N8O2/c1-5-25(43)40-14-15-41(19(4)17-40)30-20-16-22(34)28-26-21(33)8-6-9-23(26)35-11-7-12-36-24-10-13-37-27(18(2)3)29(24)42(31(20)38-28)32(44)39-30/h5-6,8-10,13,16,18-19,35-36H,1,7,11-12,14-15,17H2,2-4H3/t19-/m0/s1. The largest absolute Gasteiger partial charge is 0.384 e. The number of pyridine rings is 2. The van der Waals surface area contributed by atoms with Gasteiger partial charge in [0.2, 0.25) is 5.91 Å². The van der Waals surface area contributed by atoms with Crippen molar-refractivity contribution in [3.05, 3.63) is 77.0 Å². The van der Waals surface area contributed by atoms with Crippen molar-refractivity contribution in [2.45, 2.75) is 39.2 Å². The van der Waals surface area contributed by atoms with E-state index in [0.29, 0.717) is 61.9 Å². The molecule has 12 heteroatoms. The first-order chi connectivity index (χ1) is 21.2. The first-order valence-corrected chi connectivity index (χ1v) is 14.8. The molecular weight excluding hydrogens is 566 g/mol. The highest BCUT2D eigenvalue weighted by atomic mass is 19.1. The van der Waals surface area contributed by atoms with E-state index in [-0.39, 0.29) is 46.0 Å². The number of anilines is 3. The zero-order valence-electron chi connectivity index (χ0n) is 24.9. The molecule has 5 heterocycles. The number of aromatic nitrogens is 4. The molecule has 1 atom stereocenters. The van der Waals surface area contributed by atoms with Crippen LogP contribution in [0.4, 0.5) is 26.0 Å². The van der Waals surface area contributed by atoms with Gasteiger partial charge in [0.25, 0.3) is 0 Å². The van der Waals surface area contributed by atoms with Crippen LogP contribution in [-0.2, 0) is 4.79 Å². The van der Waals surface area contributed by atoms with Gasteiger partial charge in [-0.05, 0) is 49.6 Å². The maximum Gasteiger partial charge on any atom is 0.355 e. The molecule has 1 amide bonds. The van der Waals surface area contributed by atoms with E-state index in [9.17, 15) is 9.59 Å². The number of amides is 1. The van der Waals surface area contributed by atoms with Crippen LogP contribution in [0.15, 0.2) is 54.0 Å². The van der Waals surface area contributed by atoms with Crippen molar-refractivity contribution in [1.82, 2.24) is 24.4 Å². The fraction of sp³-hybridized carbons (Fsp3) is 0.344. The normalized spacial score (nSPS) is 16.7. The Morgan fingerprint density at radius 1 is 1.09 bits per heavy atom. The minimum absolute atomic E-state index is 0.0168. The molecule has 2 aliphatic rings. The van der Waals surface area contributed by atoms with E-state index < -0.39 is 17.3 Å². The van der Waals surface area contributed by atoms with Crippen LogP contribution in [0, 0.1) is 11.6 Å². The van der Waals surface area contributed by atoms with Crippen LogP contribution in [0.5, 0.6) is 0 Å². The fourth-order valence-corrected chi connectivity index (χ4v) is 6.02. The molecule has 1 fully saturated rings. The average molecular weight is 601 g/mol. The van der Waals surface area contributed by atoms with Gasteiger partial charge in [-0.15, -0.1) is 0 Å². The van der Waals surface area contributed by atoms with Gasteiger partial charge in [-0.1, -0.05) is 26.5 Å². The molecule has 0 saturated carbocycles. The van der Waals surface area contributed by atoms with Crippen LogP contribution < -0.4 is 21.2 Å². The first kappa shape index (κ1) is 29.2. The lowest BCUT2D eigenvalue weighted by Gasteiger charge is -2.40. The van der Waals surface area contributed by atoms with Gasteiger partial charge in [0.05, 0.1) is 28.0 Å². The summed E-state index contributed by atoms with van der Waals surface area (Å²) >= 11 is 0. The van der Waals surface area contributed by atoms with Gasteiger partial charge in [0.1, 0.15) is 17.3 Å². The summed E-state index contributed by atoms with van der Waals surface area (Å²) < 4.78 is 33.0. The number of carbonyl (C=O) groups is 1. The van der Waals surface area contributed by atoms with E-state index >= 15 is 8.78 Å². The molecule has 0 spiro atoms. The molecule has 2 bridgehead atoms. The van der Waals surface area contributed by atoms with Crippen molar-refractivity contribution in [2.24, 2.45) is 0 Å². The quantitative estimate of drug-likeness (QED) is 0.326. The smallest absolute Gasteiger partial charge is 0.355 e. The van der Waals surface area contributed by atoms with Gasteiger partial charge in [0.15, 0.2) is 11.5 Å². The molecule has 1 saturated heterocycles. The van der Waals surface area contributed by atoms with Crippen LogP contribution in [0.2, 0.25) is 0 Å². The molecule has 2 N–H and O–H groups in total. The number of piperazine rings is 1. The Morgan fingerprint density at radius 3 is 2.59 bits per heavy atom. The number of hydrogen-bond donors (Lipinski definition) is 2. The van der Waals surface area contributed by atoms with Gasteiger partial charge >= 0.3 is 5.69 Å². The third kappa shape index (κ3) is 5.03. The minimum Gasteiger partial charge on any atom is -0.384 e. The van der Waals surface area contributed by atoms with Crippen LogP contribution in [0.1, 0.15) is 38.8 Å². The molecule has 1 aromatic carbocycles. The average Bonchev–Trinajstić information content (AvgIpc) is 3.01. The predicted molar refractivity (Wildman–Crippen MR) is 168 cm³/mol.